The summed E-state index contributed by atoms with van der Waals surface area (Å²) in [4.78, 5) is 37.0. The van der Waals surface area contributed by atoms with Crippen LogP contribution in [0.15, 0.2) is 75.0 Å². The SMILES string of the molecule is CCOc1ccc(-n2ccn(CC(=O)Nc3ccc(Br)cc3)c(=O)c2=O)cc1. The lowest BCUT2D eigenvalue weighted by atomic mass is 10.3. The van der Waals surface area contributed by atoms with Crippen LogP contribution in [0.1, 0.15) is 6.92 Å². The van der Waals surface area contributed by atoms with E-state index in [-0.39, 0.29) is 6.54 Å². The molecule has 3 rings (SSSR count). The van der Waals surface area contributed by atoms with E-state index in [9.17, 15) is 14.4 Å². The Labute approximate surface area is 169 Å². The van der Waals surface area contributed by atoms with Gasteiger partial charge in [-0.05, 0) is 55.5 Å². The van der Waals surface area contributed by atoms with Crippen LogP contribution in [-0.4, -0.2) is 21.6 Å². The number of carbonyl (C=O) groups excluding carboxylic acids is 1. The first kappa shape index (κ1) is 19.6. The van der Waals surface area contributed by atoms with Gasteiger partial charge in [0.05, 0.1) is 6.61 Å². The zero-order valence-corrected chi connectivity index (χ0v) is 16.7. The number of halogens is 1. The number of amides is 1. The van der Waals surface area contributed by atoms with E-state index < -0.39 is 17.0 Å². The van der Waals surface area contributed by atoms with Crippen LogP contribution in [-0.2, 0) is 11.3 Å². The number of anilines is 1. The van der Waals surface area contributed by atoms with E-state index in [4.69, 9.17) is 4.74 Å². The van der Waals surface area contributed by atoms with Gasteiger partial charge < -0.3 is 10.1 Å². The van der Waals surface area contributed by atoms with Crippen molar-refractivity contribution in [2.24, 2.45) is 0 Å². The topological polar surface area (TPSA) is 82.3 Å². The second kappa shape index (κ2) is 8.71. The van der Waals surface area contributed by atoms with E-state index in [1.165, 1.54) is 17.0 Å². The van der Waals surface area contributed by atoms with Crippen molar-refractivity contribution in [2.75, 3.05) is 11.9 Å². The van der Waals surface area contributed by atoms with Gasteiger partial charge in [0, 0.05) is 28.2 Å². The molecule has 0 aliphatic rings. The molecule has 3 aromatic rings. The van der Waals surface area contributed by atoms with E-state index in [0.717, 1.165) is 9.04 Å². The molecule has 1 N–H and O–H groups in total. The molecule has 8 heteroatoms. The third-order valence-corrected chi connectivity index (χ3v) is 4.45. The van der Waals surface area contributed by atoms with Gasteiger partial charge in [-0.25, -0.2) is 0 Å². The number of nitrogens with zero attached hydrogens (tertiary/aromatic N) is 2. The largest absolute Gasteiger partial charge is 0.494 e. The van der Waals surface area contributed by atoms with Crippen molar-refractivity contribution in [3.63, 3.8) is 0 Å². The Morgan fingerprint density at radius 2 is 1.68 bits per heavy atom. The van der Waals surface area contributed by atoms with Crippen molar-refractivity contribution in [3.8, 4) is 11.4 Å². The second-order valence-electron chi connectivity index (χ2n) is 5.89. The van der Waals surface area contributed by atoms with E-state index in [1.54, 1.807) is 48.5 Å². The minimum absolute atomic E-state index is 0.256. The molecule has 0 saturated heterocycles. The van der Waals surface area contributed by atoms with Crippen LogP contribution in [0.4, 0.5) is 5.69 Å². The predicted molar refractivity (Wildman–Crippen MR) is 110 cm³/mol. The molecule has 28 heavy (non-hydrogen) atoms. The van der Waals surface area contributed by atoms with E-state index in [0.29, 0.717) is 23.7 Å². The van der Waals surface area contributed by atoms with Gasteiger partial charge in [0.1, 0.15) is 12.3 Å². The lowest BCUT2D eigenvalue weighted by Gasteiger charge is -2.10. The van der Waals surface area contributed by atoms with Crippen LogP contribution in [0.25, 0.3) is 5.69 Å². The lowest BCUT2D eigenvalue weighted by Crippen LogP contribution is -2.41. The van der Waals surface area contributed by atoms with Crippen molar-refractivity contribution in [3.05, 3.63) is 86.1 Å². The summed E-state index contributed by atoms with van der Waals surface area (Å²) in [6, 6.07) is 13.9. The molecule has 0 saturated carbocycles. The molecule has 1 amide bonds. The zero-order chi connectivity index (χ0) is 20.1. The highest BCUT2D eigenvalue weighted by atomic mass is 79.9. The number of carbonyl (C=O) groups is 1. The quantitative estimate of drug-likeness (QED) is 0.593. The van der Waals surface area contributed by atoms with Gasteiger partial charge in [0.25, 0.3) is 0 Å². The molecule has 0 radical (unpaired) electrons. The van der Waals surface area contributed by atoms with E-state index >= 15 is 0 Å². The summed E-state index contributed by atoms with van der Waals surface area (Å²) in [6.07, 6.45) is 2.88. The Kier molecular flexibility index (Phi) is 6.10. The van der Waals surface area contributed by atoms with Crippen LogP contribution in [0, 0.1) is 0 Å². The Bertz CT molecular complexity index is 1090. The van der Waals surface area contributed by atoms with Gasteiger partial charge in [-0.15, -0.1) is 0 Å². The monoisotopic (exact) mass is 443 g/mol. The van der Waals surface area contributed by atoms with Crippen molar-refractivity contribution in [1.82, 2.24) is 9.13 Å². The number of ether oxygens (including phenoxy) is 1. The molecule has 0 fully saturated rings. The molecule has 7 nitrogen and oxygen atoms in total. The first-order valence-corrected chi connectivity index (χ1v) is 9.38. The number of nitrogens with one attached hydrogen (secondary N) is 1. The normalized spacial score (nSPS) is 10.5. The summed E-state index contributed by atoms with van der Waals surface area (Å²) in [6.45, 7) is 2.16. The summed E-state index contributed by atoms with van der Waals surface area (Å²) >= 11 is 3.32. The van der Waals surface area contributed by atoms with Gasteiger partial charge in [0.2, 0.25) is 5.91 Å². The van der Waals surface area contributed by atoms with Gasteiger partial charge in [-0.2, -0.15) is 0 Å². The fourth-order valence-electron chi connectivity index (χ4n) is 2.59. The number of rotatable bonds is 6. The fraction of sp³-hybridized carbons (Fsp3) is 0.150. The number of hydrogen-bond acceptors (Lipinski definition) is 4. The van der Waals surface area contributed by atoms with Crippen molar-refractivity contribution < 1.29 is 9.53 Å². The highest BCUT2D eigenvalue weighted by molar-refractivity contribution is 9.10. The van der Waals surface area contributed by atoms with Gasteiger partial charge in [-0.1, -0.05) is 15.9 Å². The Morgan fingerprint density at radius 1 is 1.00 bits per heavy atom. The molecule has 0 spiro atoms. The molecular weight excluding hydrogens is 426 g/mol. The van der Waals surface area contributed by atoms with Crippen LogP contribution in [0.5, 0.6) is 5.75 Å². The third kappa shape index (κ3) is 4.58. The van der Waals surface area contributed by atoms with Crippen LogP contribution >= 0.6 is 15.9 Å². The average Bonchev–Trinajstić information content (AvgIpc) is 2.69. The van der Waals surface area contributed by atoms with Crippen LogP contribution in [0.2, 0.25) is 0 Å². The van der Waals surface area contributed by atoms with Crippen molar-refractivity contribution in [1.29, 1.82) is 0 Å². The van der Waals surface area contributed by atoms with Gasteiger partial charge in [0.15, 0.2) is 0 Å². The molecular formula is C20H18BrN3O4. The highest BCUT2D eigenvalue weighted by Crippen LogP contribution is 2.15. The minimum atomic E-state index is -0.776. The summed E-state index contributed by atoms with van der Waals surface area (Å²) in [5.41, 5.74) is -0.369. The fourth-order valence-corrected chi connectivity index (χ4v) is 2.86. The molecule has 0 unspecified atom stereocenters. The Balaban J connectivity index is 1.78. The molecule has 0 aliphatic heterocycles. The maximum atomic E-state index is 12.4. The number of hydrogen-bond donors (Lipinski definition) is 1. The minimum Gasteiger partial charge on any atom is -0.494 e. The van der Waals surface area contributed by atoms with E-state index in [2.05, 4.69) is 21.2 Å². The maximum absolute atomic E-state index is 12.4. The molecule has 2 aromatic carbocycles. The Hall–Kier alpha value is -3.13. The van der Waals surface area contributed by atoms with Gasteiger partial charge >= 0.3 is 11.1 Å². The Morgan fingerprint density at radius 3 is 2.32 bits per heavy atom. The van der Waals surface area contributed by atoms with Crippen molar-refractivity contribution >= 4 is 27.5 Å². The average molecular weight is 444 g/mol. The molecule has 0 bridgehead atoms. The lowest BCUT2D eigenvalue weighted by molar-refractivity contribution is -0.116. The first-order valence-electron chi connectivity index (χ1n) is 8.58. The maximum Gasteiger partial charge on any atom is 0.320 e. The number of aromatic nitrogens is 2. The highest BCUT2D eigenvalue weighted by Gasteiger charge is 2.10. The first-order chi connectivity index (χ1) is 13.5. The molecule has 1 aromatic heterocycles. The second-order valence-corrected chi connectivity index (χ2v) is 6.80. The summed E-state index contributed by atoms with van der Waals surface area (Å²) in [5.74, 6) is 0.278. The van der Waals surface area contributed by atoms with Crippen LogP contribution < -0.4 is 21.2 Å². The summed E-state index contributed by atoms with van der Waals surface area (Å²) < 4.78 is 8.58. The third-order valence-electron chi connectivity index (χ3n) is 3.93. The molecule has 0 aliphatic carbocycles. The standard InChI is InChI=1S/C20H18BrN3O4/c1-2-28-17-9-7-16(8-10-17)24-12-11-23(19(26)20(24)27)13-18(25)22-15-5-3-14(21)4-6-15/h3-12H,2,13H2,1H3,(H,22,25). The predicted octanol–water partition coefficient (Wildman–Crippen LogP) is 2.80. The van der Waals surface area contributed by atoms with Crippen molar-refractivity contribution in [2.45, 2.75) is 13.5 Å². The summed E-state index contributed by atoms with van der Waals surface area (Å²) in [5, 5.41) is 2.69. The van der Waals surface area contributed by atoms with E-state index in [1.807, 2.05) is 6.92 Å². The molecule has 1 heterocycles. The van der Waals surface area contributed by atoms with Crippen LogP contribution in [0.3, 0.4) is 0 Å². The van der Waals surface area contributed by atoms with Gasteiger partial charge in [-0.3, -0.25) is 23.5 Å². The smallest absolute Gasteiger partial charge is 0.320 e. The molecule has 144 valence electrons. The zero-order valence-electron chi connectivity index (χ0n) is 15.1. The molecule has 0 atom stereocenters. The number of benzene rings is 2. The summed E-state index contributed by atoms with van der Waals surface area (Å²) in [7, 11) is 0.